The average molecular weight is 538 g/mol. The fraction of sp³-hybridized carbons (Fsp3) is 0.0952. The quantitative estimate of drug-likeness (QED) is 0.382. The molecule has 0 aromatic heterocycles. The summed E-state index contributed by atoms with van der Waals surface area (Å²) < 4.78 is 66.4. The van der Waals surface area contributed by atoms with E-state index in [2.05, 4.69) is 5.32 Å². The van der Waals surface area contributed by atoms with Crippen LogP contribution in [0.5, 0.6) is 0 Å². The van der Waals surface area contributed by atoms with Crippen LogP contribution in [0.4, 0.5) is 18.9 Å². The van der Waals surface area contributed by atoms with E-state index in [9.17, 15) is 26.4 Å². The zero-order valence-corrected chi connectivity index (χ0v) is 19.5. The van der Waals surface area contributed by atoms with Gasteiger partial charge in [0.2, 0.25) is 0 Å². The molecule has 3 aromatic carbocycles. The molecule has 0 radical (unpaired) electrons. The van der Waals surface area contributed by atoms with Gasteiger partial charge in [-0.2, -0.15) is 13.2 Å². The molecule has 12 heteroatoms. The summed E-state index contributed by atoms with van der Waals surface area (Å²) in [7, 11) is -4.35. The highest BCUT2D eigenvalue weighted by Gasteiger charge is 2.31. The van der Waals surface area contributed by atoms with E-state index in [1.54, 1.807) is 12.1 Å². The molecule has 0 unspecified atom stereocenters. The van der Waals surface area contributed by atoms with E-state index in [4.69, 9.17) is 34.8 Å². The lowest BCUT2D eigenvalue weighted by Crippen LogP contribution is -2.23. The van der Waals surface area contributed by atoms with Gasteiger partial charge in [0.25, 0.3) is 15.9 Å². The molecule has 0 aliphatic carbocycles. The number of hydrogen-bond donors (Lipinski definition) is 2. The molecule has 0 spiro atoms. The van der Waals surface area contributed by atoms with Gasteiger partial charge < -0.3 is 5.32 Å². The summed E-state index contributed by atoms with van der Waals surface area (Å²) in [6.07, 6.45) is -4.68. The molecule has 0 aliphatic rings. The van der Waals surface area contributed by atoms with Crippen LogP contribution in [0.1, 0.15) is 21.5 Å². The Bertz CT molecular complexity index is 1320. The van der Waals surface area contributed by atoms with Crippen molar-refractivity contribution in [2.75, 3.05) is 4.72 Å². The van der Waals surface area contributed by atoms with Crippen LogP contribution in [-0.2, 0) is 22.7 Å². The third-order valence-electron chi connectivity index (χ3n) is 4.40. The molecule has 0 atom stereocenters. The Balaban J connectivity index is 1.80. The van der Waals surface area contributed by atoms with Gasteiger partial charge in [-0.15, -0.1) is 0 Å². The summed E-state index contributed by atoms with van der Waals surface area (Å²) in [6.45, 7) is 0.0594. The zero-order chi connectivity index (χ0) is 24.4. The van der Waals surface area contributed by atoms with Crippen molar-refractivity contribution in [3.05, 3.63) is 92.4 Å². The van der Waals surface area contributed by atoms with Gasteiger partial charge >= 0.3 is 6.18 Å². The maximum atomic E-state index is 13.0. The molecule has 3 aromatic rings. The van der Waals surface area contributed by atoms with Crippen molar-refractivity contribution in [3.63, 3.8) is 0 Å². The minimum atomic E-state index is -4.68. The Kier molecular flexibility index (Phi) is 7.48. The lowest BCUT2D eigenvalue weighted by molar-refractivity contribution is -0.137. The van der Waals surface area contributed by atoms with Gasteiger partial charge in [0.1, 0.15) is 0 Å². The van der Waals surface area contributed by atoms with Crippen LogP contribution in [0.15, 0.2) is 65.6 Å². The summed E-state index contributed by atoms with van der Waals surface area (Å²) in [6, 6.07) is 12.0. The Morgan fingerprint density at radius 2 is 1.64 bits per heavy atom. The summed E-state index contributed by atoms with van der Waals surface area (Å²) in [5, 5.41) is 3.17. The summed E-state index contributed by atoms with van der Waals surface area (Å²) in [5.74, 6) is -0.588. The molecule has 5 nitrogen and oxygen atoms in total. The summed E-state index contributed by atoms with van der Waals surface area (Å²) in [4.78, 5) is 12.2. The predicted molar refractivity (Wildman–Crippen MR) is 121 cm³/mol. The van der Waals surface area contributed by atoms with Crippen molar-refractivity contribution in [1.29, 1.82) is 0 Å². The van der Waals surface area contributed by atoms with Gasteiger partial charge in [0, 0.05) is 22.2 Å². The van der Waals surface area contributed by atoms with Gasteiger partial charge in [-0.3, -0.25) is 9.52 Å². The molecule has 0 saturated carbocycles. The van der Waals surface area contributed by atoms with Crippen LogP contribution in [0, 0.1) is 0 Å². The number of nitrogens with one attached hydrogen (secondary N) is 2. The molecule has 0 aliphatic heterocycles. The third kappa shape index (κ3) is 6.32. The van der Waals surface area contributed by atoms with Crippen LogP contribution >= 0.6 is 34.8 Å². The number of sulfonamides is 1. The number of anilines is 1. The molecular formula is C21H14Cl3F3N2O3S. The van der Waals surface area contributed by atoms with E-state index in [0.29, 0.717) is 21.7 Å². The van der Waals surface area contributed by atoms with Crippen molar-refractivity contribution in [2.45, 2.75) is 17.6 Å². The topological polar surface area (TPSA) is 75.3 Å². The van der Waals surface area contributed by atoms with Crippen LogP contribution in [0.3, 0.4) is 0 Å². The maximum Gasteiger partial charge on any atom is 0.416 e. The smallest absolute Gasteiger partial charge is 0.348 e. The molecule has 2 N–H and O–H groups in total. The van der Waals surface area contributed by atoms with E-state index in [-0.39, 0.29) is 22.0 Å². The van der Waals surface area contributed by atoms with E-state index in [0.717, 1.165) is 18.2 Å². The van der Waals surface area contributed by atoms with Crippen LogP contribution in [-0.4, -0.2) is 14.3 Å². The minimum absolute atomic E-state index is 0.0121. The van der Waals surface area contributed by atoms with Crippen molar-refractivity contribution >= 4 is 56.4 Å². The molecule has 0 heterocycles. The number of carbonyl (C=O) groups excluding carboxylic acids is 1. The Morgan fingerprint density at radius 1 is 0.909 bits per heavy atom. The minimum Gasteiger partial charge on any atom is -0.348 e. The molecule has 0 bridgehead atoms. The second-order valence-electron chi connectivity index (χ2n) is 6.74. The Morgan fingerprint density at radius 3 is 2.30 bits per heavy atom. The monoisotopic (exact) mass is 536 g/mol. The van der Waals surface area contributed by atoms with Crippen LogP contribution in [0.25, 0.3) is 0 Å². The van der Waals surface area contributed by atoms with Gasteiger partial charge in [0.15, 0.2) is 0 Å². The van der Waals surface area contributed by atoms with Crippen molar-refractivity contribution in [3.8, 4) is 0 Å². The van der Waals surface area contributed by atoms with Crippen molar-refractivity contribution in [2.24, 2.45) is 0 Å². The first kappa shape index (κ1) is 25.2. The fourth-order valence-electron chi connectivity index (χ4n) is 2.73. The van der Waals surface area contributed by atoms with Gasteiger partial charge in [-0.25, -0.2) is 8.42 Å². The average Bonchev–Trinajstić information content (AvgIpc) is 2.73. The molecule has 33 heavy (non-hydrogen) atoms. The molecule has 174 valence electrons. The first-order chi connectivity index (χ1) is 15.4. The van der Waals surface area contributed by atoms with Gasteiger partial charge in [-0.1, -0.05) is 46.9 Å². The largest absolute Gasteiger partial charge is 0.416 e. The first-order valence-electron chi connectivity index (χ1n) is 9.08. The number of halogens is 6. The Hall–Kier alpha value is -2.46. The molecular weight excluding hydrogens is 524 g/mol. The molecule has 1 amide bonds. The summed E-state index contributed by atoms with van der Waals surface area (Å²) in [5.41, 5.74) is -0.908. The fourth-order valence-corrected chi connectivity index (χ4v) is 4.54. The highest BCUT2D eigenvalue weighted by Crippen LogP contribution is 2.34. The van der Waals surface area contributed by atoms with Gasteiger partial charge in [-0.05, 0) is 54.1 Å². The zero-order valence-electron chi connectivity index (χ0n) is 16.4. The number of hydrogen-bond acceptors (Lipinski definition) is 3. The lowest BCUT2D eigenvalue weighted by atomic mass is 10.2. The molecule has 3 rings (SSSR count). The number of amides is 1. The maximum absolute atomic E-state index is 13.0. The standard InChI is InChI=1S/C21H14Cl3F3N2O3S/c22-15-6-4-13(18(24)10-15)11-28-20(30)12-2-1-3-16(8-12)33(31,32)29-19-9-14(21(25,26)27)5-7-17(19)23/h1-10,29H,11H2,(H,28,30). The van der Waals surface area contributed by atoms with Crippen molar-refractivity contribution < 1.29 is 26.4 Å². The SMILES string of the molecule is O=C(NCc1ccc(Cl)cc1Cl)c1cccc(S(=O)(=O)Nc2cc(C(F)(F)F)ccc2Cl)c1. The van der Waals surface area contributed by atoms with E-state index in [1.807, 2.05) is 4.72 Å². The number of carbonyl (C=O) groups is 1. The number of alkyl halides is 3. The van der Waals surface area contributed by atoms with Crippen molar-refractivity contribution in [1.82, 2.24) is 5.32 Å². The second-order valence-corrected chi connectivity index (χ2v) is 9.68. The predicted octanol–water partition coefficient (Wildman–Crippen LogP) is 6.40. The highest BCUT2D eigenvalue weighted by atomic mass is 35.5. The van der Waals surface area contributed by atoms with E-state index < -0.39 is 33.4 Å². The second kappa shape index (κ2) is 9.80. The number of benzene rings is 3. The highest BCUT2D eigenvalue weighted by molar-refractivity contribution is 7.92. The normalized spacial score (nSPS) is 11.8. The van der Waals surface area contributed by atoms with E-state index in [1.165, 1.54) is 24.3 Å². The van der Waals surface area contributed by atoms with Crippen LogP contribution < -0.4 is 10.0 Å². The Labute approximate surface area is 202 Å². The van der Waals surface area contributed by atoms with Crippen LogP contribution in [0.2, 0.25) is 15.1 Å². The molecule has 0 saturated heterocycles. The number of rotatable bonds is 6. The third-order valence-corrected chi connectivity index (χ3v) is 6.68. The van der Waals surface area contributed by atoms with E-state index >= 15 is 0 Å². The first-order valence-corrected chi connectivity index (χ1v) is 11.7. The molecule has 0 fully saturated rings. The summed E-state index contributed by atoms with van der Waals surface area (Å²) >= 11 is 17.8. The van der Waals surface area contributed by atoms with Gasteiger partial charge in [0.05, 0.1) is 21.2 Å². The lowest BCUT2D eigenvalue weighted by Gasteiger charge is -2.13.